The Balaban J connectivity index is 1.73. The molecule has 1 N–H and O–H groups in total. The van der Waals surface area contributed by atoms with Crippen molar-refractivity contribution in [3.63, 3.8) is 0 Å². The smallest absolute Gasteiger partial charge is 0.0639 e. The lowest BCUT2D eigenvalue weighted by Gasteiger charge is -2.24. The van der Waals surface area contributed by atoms with Gasteiger partial charge in [0.2, 0.25) is 0 Å². The molecule has 1 aromatic heterocycles. The molecule has 0 spiro atoms. The zero-order chi connectivity index (χ0) is 13.0. The summed E-state index contributed by atoms with van der Waals surface area (Å²) in [6.45, 7) is 8.83. The van der Waals surface area contributed by atoms with Crippen LogP contribution in [-0.2, 0) is 11.2 Å². The van der Waals surface area contributed by atoms with Gasteiger partial charge in [0.05, 0.1) is 6.10 Å². The second-order valence-corrected chi connectivity index (χ2v) is 6.55. The zero-order valence-electron chi connectivity index (χ0n) is 11.7. The van der Waals surface area contributed by atoms with Crippen LogP contribution < -0.4 is 5.32 Å². The SMILES string of the molecule is CC(C)[C@H]1OCC[C@H]1CN[C@H](C)Cc1ccsc1. The van der Waals surface area contributed by atoms with Crippen molar-refractivity contribution in [2.45, 2.75) is 45.8 Å². The van der Waals surface area contributed by atoms with Gasteiger partial charge in [0, 0.05) is 19.2 Å². The summed E-state index contributed by atoms with van der Waals surface area (Å²) in [7, 11) is 0. The second kappa shape index (κ2) is 6.69. The molecule has 0 amide bonds. The number of rotatable bonds is 6. The number of ether oxygens (including phenoxy) is 1. The molecule has 0 unspecified atom stereocenters. The van der Waals surface area contributed by atoms with Crippen molar-refractivity contribution in [1.29, 1.82) is 0 Å². The average Bonchev–Trinajstić information content (AvgIpc) is 2.96. The first-order chi connectivity index (χ1) is 8.66. The van der Waals surface area contributed by atoms with Crippen LogP contribution in [0, 0.1) is 11.8 Å². The zero-order valence-corrected chi connectivity index (χ0v) is 12.5. The van der Waals surface area contributed by atoms with Gasteiger partial charge in [-0.15, -0.1) is 0 Å². The monoisotopic (exact) mass is 267 g/mol. The Morgan fingerprint density at radius 2 is 2.28 bits per heavy atom. The van der Waals surface area contributed by atoms with Gasteiger partial charge in [0.15, 0.2) is 0 Å². The lowest BCUT2D eigenvalue weighted by atomic mass is 9.92. The maximum absolute atomic E-state index is 5.83. The van der Waals surface area contributed by atoms with Crippen molar-refractivity contribution in [2.75, 3.05) is 13.2 Å². The molecule has 2 heterocycles. The van der Waals surface area contributed by atoms with Crippen molar-refractivity contribution in [3.8, 4) is 0 Å². The van der Waals surface area contributed by atoms with Crippen molar-refractivity contribution in [3.05, 3.63) is 22.4 Å². The molecule has 2 rings (SSSR count). The molecule has 18 heavy (non-hydrogen) atoms. The van der Waals surface area contributed by atoms with Crippen LogP contribution in [0.5, 0.6) is 0 Å². The van der Waals surface area contributed by atoms with E-state index in [9.17, 15) is 0 Å². The van der Waals surface area contributed by atoms with E-state index in [-0.39, 0.29) is 0 Å². The largest absolute Gasteiger partial charge is 0.378 e. The topological polar surface area (TPSA) is 21.3 Å². The van der Waals surface area contributed by atoms with Gasteiger partial charge in [-0.2, -0.15) is 11.3 Å². The fourth-order valence-corrected chi connectivity index (χ4v) is 3.48. The molecule has 3 heteroatoms. The fourth-order valence-electron chi connectivity index (χ4n) is 2.80. The van der Waals surface area contributed by atoms with Gasteiger partial charge in [-0.25, -0.2) is 0 Å². The highest BCUT2D eigenvalue weighted by molar-refractivity contribution is 7.07. The van der Waals surface area contributed by atoms with Crippen LogP contribution in [0.25, 0.3) is 0 Å². The molecule has 102 valence electrons. The first kappa shape index (κ1) is 14.0. The molecule has 0 aromatic carbocycles. The Hall–Kier alpha value is -0.380. The highest BCUT2D eigenvalue weighted by Gasteiger charge is 2.30. The van der Waals surface area contributed by atoms with Crippen LogP contribution in [0.3, 0.4) is 0 Å². The molecule has 1 fully saturated rings. The highest BCUT2D eigenvalue weighted by atomic mass is 32.1. The highest BCUT2D eigenvalue weighted by Crippen LogP contribution is 2.26. The van der Waals surface area contributed by atoms with Crippen LogP contribution in [0.1, 0.15) is 32.8 Å². The van der Waals surface area contributed by atoms with Gasteiger partial charge in [-0.05, 0) is 54.0 Å². The van der Waals surface area contributed by atoms with Gasteiger partial charge < -0.3 is 10.1 Å². The van der Waals surface area contributed by atoms with E-state index in [0.29, 0.717) is 24.0 Å². The van der Waals surface area contributed by atoms with Crippen molar-refractivity contribution >= 4 is 11.3 Å². The summed E-state index contributed by atoms with van der Waals surface area (Å²) in [6.07, 6.45) is 2.79. The Morgan fingerprint density at radius 1 is 1.44 bits per heavy atom. The minimum atomic E-state index is 0.450. The average molecular weight is 267 g/mol. The Kier molecular flexibility index (Phi) is 5.22. The number of hydrogen-bond acceptors (Lipinski definition) is 3. The van der Waals surface area contributed by atoms with E-state index in [1.165, 1.54) is 12.0 Å². The summed E-state index contributed by atoms with van der Waals surface area (Å²) in [6, 6.07) is 2.77. The van der Waals surface area contributed by atoms with Crippen LogP contribution in [0.4, 0.5) is 0 Å². The standard InChI is InChI=1S/C15H25NOS/c1-11(2)15-14(4-6-17-15)9-16-12(3)8-13-5-7-18-10-13/h5,7,10-12,14-16H,4,6,8-9H2,1-3H3/t12-,14+,15-/m1/s1. The fraction of sp³-hybridized carbons (Fsp3) is 0.733. The van der Waals surface area contributed by atoms with Gasteiger partial charge in [0.25, 0.3) is 0 Å². The van der Waals surface area contributed by atoms with Gasteiger partial charge in [-0.3, -0.25) is 0 Å². The Morgan fingerprint density at radius 3 is 2.94 bits per heavy atom. The predicted octanol–water partition coefficient (Wildman–Crippen LogP) is 3.33. The normalized spacial score (nSPS) is 25.8. The van der Waals surface area contributed by atoms with Crippen LogP contribution in [-0.4, -0.2) is 25.3 Å². The minimum absolute atomic E-state index is 0.450. The molecule has 1 saturated heterocycles. The summed E-state index contributed by atoms with van der Waals surface area (Å²) in [5.74, 6) is 1.32. The first-order valence-corrected chi connectivity index (χ1v) is 7.97. The van der Waals surface area contributed by atoms with E-state index in [1.54, 1.807) is 11.3 Å². The third-order valence-corrected chi connectivity index (χ3v) is 4.50. The minimum Gasteiger partial charge on any atom is -0.378 e. The lowest BCUT2D eigenvalue weighted by molar-refractivity contribution is 0.0535. The molecule has 0 bridgehead atoms. The third-order valence-electron chi connectivity index (χ3n) is 3.77. The molecule has 0 saturated carbocycles. The maximum Gasteiger partial charge on any atom is 0.0639 e. The van der Waals surface area contributed by atoms with Gasteiger partial charge in [-0.1, -0.05) is 13.8 Å². The molecule has 0 aliphatic carbocycles. The summed E-state index contributed by atoms with van der Waals surface area (Å²) < 4.78 is 5.83. The molecule has 0 radical (unpaired) electrons. The predicted molar refractivity (Wildman–Crippen MR) is 78.2 cm³/mol. The molecule has 1 aliphatic heterocycles. The van der Waals surface area contributed by atoms with Crippen LogP contribution >= 0.6 is 11.3 Å². The summed E-state index contributed by atoms with van der Waals surface area (Å²) in [5.41, 5.74) is 1.45. The Labute approximate surface area is 115 Å². The van der Waals surface area contributed by atoms with E-state index in [1.807, 2.05) is 0 Å². The molecule has 1 aromatic rings. The summed E-state index contributed by atoms with van der Waals surface area (Å²) >= 11 is 1.78. The molecular formula is C15H25NOS. The van der Waals surface area contributed by atoms with Gasteiger partial charge >= 0.3 is 0 Å². The number of thiophene rings is 1. The summed E-state index contributed by atoms with van der Waals surface area (Å²) in [5, 5.41) is 8.07. The molecule has 1 aliphatic rings. The van der Waals surface area contributed by atoms with E-state index < -0.39 is 0 Å². The van der Waals surface area contributed by atoms with Crippen molar-refractivity contribution < 1.29 is 4.74 Å². The van der Waals surface area contributed by atoms with Crippen LogP contribution in [0.15, 0.2) is 16.8 Å². The number of nitrogens with one attached hydrogen (secondary N) is 1. The Bertz CT molecular complexity index is 336. The van der Waals surface area contributed by atoms with Crippen molar-refractivity contribution in [1.82, 2.24) is 5.32 Å². The lowest BCUT2D eigenvalue weighted by Crippen LogP contribution is -2.36. The summed E-state index contributed by atoms with van der Waals surface area (Å²) in [4.78, 5) is 0. The third kappa shape index (κ3) is 3.81. The van der Waals surface area contributed by atoms with E-state index >= 15 is 0 Å². The van der Waals surface area contributed by atoms with E-state index in [2.05, 4.69) is 42.9 Å². The molecule has 2 nitrogen and oxygen atoms in total. The molecule has 3 atom stereocenters. The quantitative estimate of drug-likeness (QED) is 0.853. The van der Waals surface area contributed by atoms with Crippen molar-refractivity contribution in [2.24, 2.45) is 11.8 Å². The van der Waals surface area contributed by atoms with Gasteiger partial charge in [0.1, 0.15) is 0 Å². The van der Waals surface area contributed by atoms with E-state index in [0.717, 1.165) is 19.6 Å². The molecular weight excluding hydrogens is 242 g/mol. The second-order valence-electron chi connectivity index (χ2n) is 5.77. The van der Waals surface area contributed by atoms with Crippen LogP contribution in [0.2, 0.25) is 0 Å². The van der Waals surface area contributed by atoms with E-state index in [4.69, 9.17) is 4.74 Å². The maximum atomic E-state index is 5.83. The number of hydrogen-bond donors (Lipinski definition) is 1. The first-order valence-electron chi connectivity index (χ1n) is 7.03.